The molecule has 1 aromatic rings. The Balaban J connectivity index is 2.37. The number of nitrogens with one attached hydrogen (secondary N) is 1. The van der Waals surface area contributed by atoms with Crippen molar-refractivity contribution in [1.82, 2.24) is 5.32 Å². The lowest BCUT2D eigenvalue weighted by atomic mass is 10.1. The summed E-state index contributed by atoms with van der Waals surface area (Å²) in [6.45, 7) is 1.03. The number of hydrogen-bond acceptors (Lipinski definition) is 5. The molecule has 1 aromatic carbocycles. The molecule has 1 heterocycles. The van der Waals surface area contributed by atoms with Crippen LogP contribution in [0.4, 0.5) is 0 Å². The SMILES string of the molecule is CNC(CS(C)(=O)=O)c1cc2c(cc1Br)OCCO2. The lowest BCUT2D eigenvalue weighted by Gasteiger charge is -2.23. The number of benzene rings is 1. The molecule has 0 radical (unpaired) electrons. The van der Waals surface area contributed by atoms with Crippen LogP contribution in [0.3, 0.4) is 0 Å². The average molecular weight is 350 g/mol. The third-order valence-electron chi connectivity index (χ3n) is 2.85. The molecule has 19 heavy (non-hydrogen) atoms. The summed E-state index contributed by atoms with van der Waals surface area (Å²) in [6, 6.07) is 3.35. The zero-order chi connectivity index (χ0) is 14.0. The first-order valence-electron chi connectivity index (χ1n) is 5.85. The molecular weight excluding hydrogens is 334 g/mol. The molecule has 1 atom stereocenters. The van der Waals surface area contributed by atoms with Crippen LogP contribution in [0.5, 0.6) is 11.5 Å². The minimum absolute atomic E-state index is 0.0295. The number of fused-ring (bicyclic) bond motifs is 1. The van der Waals surface area contributed by atoms with Crippen LogP contribution < -0.4 is 14.8 Å². The monoisotopic (exact) mass is 349 g/mol. The van der Waals surface area contributed by atoms with Crippen molar-refractivity contribution >= 4 is 25.8 Å². The number of hydrogen-bond donors (Lipinski definition) is 1. The van der Waals surface area contributed by atoms with Crippen LogP contribution in [0.1, 0.15) is 11.6 Å². The van der Waals surface area contributed by atoms with Crippen molar-refractivity contribution in [2.24, 2.45) is 0 Å². The molecule has 1 N–H and O–H groups in total. The van der Waals surface area contributed by atoms with E-state index in [0.29, 0.717) is 24.7 Å². The van der Waals surface area contributed by atoms with Gasteiger partial charge in [0.05, 0.1) is 5.75 Å². The van der Waals surface area contributed by atoms with E-state index in [1.54, 1.807) is 7.05 Å². The van der Waals surface area contributed by atoms with E-state index in [9.17, 15) is 8.42 Å². The first-order valence-corrected chi connectivity index (χ1v) is 8.70. The molecule has 1 aliphatic heterocycles. The molecule has 1 aliphatic rings. The van der Waals surface area contributed by atoms with Gasteiger partial charge in [0, 0.05) is 16.8 Å². The molecule has 7 heteroatoms. The summed E-state index contributed by atoms with van der Waals surface area (Å²) in [5.41, 5.74) is 0.845. The van der Waals surface area contributed by atoms with Crippen molar-refractivity contribution in [3.8, 4) is 11.5 Å². The second-order valence-corrected chi connectivity index (χ2v) is 7.49. The van der Waals surface area contributed by atoms with Gasteiger partial charge in [-0.2, -0.15) is 0 Å². The molecule has 5 nitrogen and oxygen atoms in total. The minimum Gasteiger partial charge on any atom is -0.486 e. The maximum absolute atomic E-state index is 11.5. The molecule has 0 saturated heterocycles. The van der Waals surface area contributed by atoms with Crippen molar-refractivity contribution in [1.29, 1.82) is 0 Å². The number of halogens is 1. The Bertz CT molecular complexity index is 573. The Hall–Kier alpha value is -0.790. The quantitative estimate of drug-likeness (QED) is 0.892. The largest absolute Gasteiger partial charge is 0.486 e. The Kier molecular flexibility index (Phi) is 4.37. The Morgan fingerprint density at radius 2 is 1.89 bits per heavy atom. The first kappa shape index (κ1) is 14.6. The second-order valence-electron chi connectivity index (χ2n) is 4.45. The van der Waals surface area contributed by atoms with Gasteiger partial charge in [-0.15, -0.1) is 0 Å². The van der Waals surface area contributed by atoms with Crippen LogP contribution in [0.15, 0.2) is 16.6 Å². The molecule has 2 rings (SSSR count). The van der Waals surface area contributed by atoms with Gasteiger partial charge in [0.2, 0.25) is 0 Å². The molecule has 0 aromatic heterocycles. The topological polar surface area (TPSA) is 64.6 Å². The summed E-state index contributed by atoms with van der Waals surface area (Å²) in [6.07, 6.45) is 1.23. The highest BCUT2D eigenvalue weighted by atomic mass is 79.9. The summed E-state index contributed by atoms with van der Waals surface area (Å²) in [4.78, 5) is 0. The molecule has 0 spiro atoms. The fourth-order valence-electron chi connectivity index (χ4n) is 1.98. The Labute approximate surface area is 121 Å². The number of ether oxygens (including phenoxy) is 2. The molecule has 0 amide bonds. The average Bonchev–Trinajstić information content (AvgIpc) is 2.34. The molecule has 0 bridgehead atoms. The highest BCUT2D eigenvalue weighted by molar-refractivity contribution is 9.10. The van der Waals surface area contributed by atoms with E-state index < -0.39 is 9.84 Å². The fraction of sp³-hybridized carbons (Fsp3) is 0.500. The Morgan fingerprint density at radius 1 is 1.32 bits per heavy atom. The zero-order valence-corrected chi connectivity index (χ0v) is 13.2. The van der Waals surface area contributed by atoms with Crippen molar-refractivity contribution in [2.75, 3.05) is 32.3 Å². The summed E-state index contributed by atoms with van der Waals surface area (Å²) >= 11 is 3.45. The van der Waals surface area contributed by atoms with Crippen LogP contribution in [0.25, 0.3) is 0 Å². The highest BCUT2D eigenvalue weighted by Gasteiger charge is 2.22. The van der Waals surface area contributed by atoms with E-state index in [0.717, 1.165) is 10.0 Å². The first-order chi connectivity index (χ1) is 8.90. The normalized spacial score (nSPS) is 16.2. The smallest absolute Gasteiger partial charge is 0.162 e. The van der Waals surface area contributed by atoms with E-state index in [4.69, 9.17) is 9.47 Å². The van der Waals surface area contributed by atoms with E-state index in [1.165, 1.54) is 6.26 Å². The second kappa shape index (κ2) is 5.68. The van der Waals surface area contributed by atoms with Crippen molar-refractivity contribution in [3.63, 3.8) is 0 Å². The fourth-order valence-corrected chi connectivity index (χ4v) is 3.53. The van der Waals surface area contributed by atoms with E-state index in [-0.39, 0.29) is 11.8 Å². The molecular formula is C12H16BrNO4S. The molecule has 0 aliphatic carbocycles. The number of rotatable bonds is 4. The van der Waals surface area contributed by atoms with Crippen LogP contribution >= 0.6 is 15.9 Å². The minimum atomic E-state index is -3.08. The van der Waals surface area contributed by atoms with Gasteiger partial charge in [-0.1, -0.05) is 15.9 Å². The van der Waals surface area contributed by atoms with Crippen molar-refractivity contribution in [3.05, 3.63) is 22.2 Å². The Morgan fingerprint density at radius 3 is 2.42 bits per heavy atom. The van der Waals surface area contributed by atoms with Crippen molar-refractivity contribution in [2.45, 2.75) is 6.04 Å². The van der Waals surface area contributed by atoms with Crippen LogP contribution in [-0.2, 0) is 9.84 Å². The summed E-state index contributed by atoms with van der Waals surface area (Å²) in [5, 5.41) is 3.02. The van der Waals surface area contributed by atoms with Gasteiger partial charge in [0.1, 0.15) is 23.1 Å². The van der Waals surface area contributed by atoms with Gasteiger partial charge in [0.25, 0.3) is 0 Å². The third-order valence-corrected chi connectivity index (χ3v) is 4.48. The predicted molar refractivity (Wildman–Crippen MR) is 76.6 cm³/mol. The van der Waals surface area contributed by atoms with Gasteiger partial charge in [0.15, 0.2) is 11.5 Å². The van der Waals surface area contributed by atoms with Gasteiger partial charge >= 0.3 is 0 Å². The van der Waals surface area contributed by atoms with Gasteiger partial charge in [-0.3, -0.25) is 0 Å². The summed E-state index contributed by atoms with van der Waals surface area (Å²) < 4.78 is 34.7. The summed E-state index contributed by atoms with van der Waals surface area (Å²) in [5.74, 6) is 1.36. The van der Waals surface area contributed by atoms with Crippen LogP contribution in [-0.4, -0.2) is 40.7 Å². The lowest BCUT2D eigenvalue weighted by molar-refractivity contribution is 0.171. The van der Waals surface area contributed by atoms with E-state index in [2.05, 4.69) is 21.2 Å². The van der Waals surface area contributed by atoms with Crippen molar-refractivity contribution < 1.29 is 17.9 Å². The van der Waals surface area contributed by atoms with E-state index in [1.807, 2.05) is 12.1 Å². The summed E-state index contributed by atoms with van der Waals surface area (Å²) in [7, 11) is -1.34. The zero-order valence-electron chi connectivity index (χ0n) is 10.8. The molecule has 1 unspecified atom stereocenters. The third kappa shape index (κ3) is 3.61. The van der Waals surface area contributed by atoms with Gasteiger partial charge < -0.3 is 14.8 Å². The molecule has 0 saturated carbocycles. The lowest BCUT2D eigenvalue weighted by Crippen LogP contribution is -2.25. The standard InChI is InChI=1S/C12H16BrNO4S/c1-14-10(7-19(2,15)16)8-5-11-12(6-9(8)13)18-4-3-17-11/h5-6,10,14H,3-4,7H2,1-2H3. The maximum Gasteiger partial charge on any atom is 0.162 e. The molecule has 106 valence electrons. The van der Waals surface area contributed by atoms with E-state index >= 15 is 0 Å². The van der Waals surface area contributed by atoms with Gasteiger partial charge in [-0.05, 0) is 24.7 Å². The van der Waals surface area contributed by atoms with Gasteiger partial charge in [-0.25, -0.2) is 8.42 Å². The highest BCUT2D eigenvalue weighted by Crippen LogP contribution is 2.38. The molecule has 0 fully saturated rings. The predicted octanol–water partition coefficient (Wildman–Crippen LogP) is 1.53. The van der Waals surface area contributed by atoms with Crippen LogP contribution in [0, 0.1) is 0 Å². The maximum atomic E-state index is 11.5. The number of sulfone groups is 1. The van der Waals surface area contributed by atoms with Crippen LogP contribution in [0.2, 0.25) is 0 Å².